The number of thiophene rings is 1. The molecule has 1 aromatic carbocycles. The van der Waals surface area contributed by atoms with Gasteiger partial charge in [-0.05, 0) is 42.5 Å². The Morgan fingerprint density at radius 2 is 2.21 bits per heavy atom. The third-order valence-corrected chi connectivity index (χ3v) is 4.89. The van der Waals surface area contributed by atoms with Crippen LogP contribution in [0.1, 0.15) is 17.4 Å². The molecule has 0 fully saturated rings. The van der Waals surface area contributed by atoms with Gasteiger partial charge in [-0.2, -0.15) is 0 Å². The van der Waals surface area contributed by atoms with Gasteiger partial charge in [0.05, 0.1) is 12.1 Å². The maximum absolute atomic E-state index is 12.0. The molecule has 126 valence electrons. The average molecular weight is 344 g/mol. The first-order valence-corrected chi connectivity index (χ1v) is 8.79. The minimum absolute atomic E-state index is 0.0277. The van der Waals surface area contributed by atoms with Gasteiger partial charge in [-0.15, -0.1) is 11.3 Å². The second-order valence-corrected chi connectivity index (χ2v) is 6.85. The van der Waals surface area contributed by atoms with Crippen molar-refractivity contribution in [3.63, 3.8) is 0 Å². The SMILES string of the molecule is CC1Oc2ccc(CCNC(=O)Cc3cccs3)cc2N(C)C1=O. The number of rotatable bonds is 5. The van der Waals surface area contributed by atoms with Gasteiger partial charge < -0.3 is 15.0 Å². The van der Waals surface area contributed by atoms with E-state index in [9.17, 15) is 9.59 Å². The Balaban J connectivity index is 1.57. The second-order valence-electron chi connectivity index (χ2n) is 5.82. The van der Waals surface area contributed by atoms with E-state index in [1.165, 1.54) is 0 Å². The smallest absolute Gasteiger partial charge is 0.267 e. The molecule has 1 aliphatic heterocycles. The Kier molecular flexibility index (Phi) is 4.85. The number of nitrogens with zero attached hydrogens (tertiary/aromatic N) is 1. The lowest BCUT2D eigenvalue weighted by Gasteiger charge is -2.30. The Morgan fingerprint density at radius 3 is 2.96 bits per heavy atom. The van der Waals surface area contributed by atoms with Gasteiger partial charge in [0.1, 0.15) is 5.75 Å². The molecule has 3 rings (SSSR count). The highest BCUT2D eigenvalue weighted by Crippen LogP contribution is 2.33. The normalized spacial score (nSPS) is 16.5. The molecule has 1 aliphatic rings. The van der Waals surface area contributed by atoms with Crippen LogP contribution in [0.3, 0.4) is 0 Å². The lowest BCUT2D eigenvalue weighted by Crippen LogP contribution is -2.42. The second kappa shape index (κ2) is 7.05. The van der Waals surface area contributed by atoms with Crippen LogP contribution in [0.2, 0.25) is 0 Å². The van der Waals surface area contributed by atoms with E-state index in [4.69, 9.17) is 4.74 Å². The molecule has 5 nitrogen and oxygen atoms in total. The fourth-order valence-electron chi connectivity index (χ4n) is 2.69. The van der Waals surface area contributed by atoms with Crippen LogP contribution in [-0.2, 0) is 22.4 Å². The quantitative estimate of drug-likeness (QED) is 0.906. The predicted molar refractivity (Wildman–Crippen MR) is 94.7 cm³/mol. The lowest BCUT2D eigenvalue weighted by molar-refractivity contribution is -0.125. The van der Waals surface area contributed by atoms with Crippen LogP contribution in [0, 0.1) is 0 Å². The number of carbonyl (C=O) groups is 2. The zero-order chi connectivity index (χ0) is 17.1. The minimum atomic E-state index is -0.454. The van der Waals surface area contributed by atoms with Crippen molar-refractivity contribution in [2.45, 2.75) is 25.9 Å². The predicted octanol–water partition coefficient (Wildman–Crippen LogP) is 2.39. The summed E-state index contributed by atoms with van der Waals surface area (Å²) in [6, 6.07) is 9.71. The van der Waals surface area contributed by atoms with Gasteiger partial charge in [0.15, 0.2) is 6.10 Å². The zero-order valence-electron chi connectivity index (χ0n) is 13.7. The van der Waals surface area contributed by atoms with E-state index in [0.29, 0.717) is 19.4 Å². The Labute approximate surface area is 145 Å². The molecule has 1 N–H and O–H groups in total. The first-order valence-electron chi connectivity index (χ1n) is 7.91. The first kappa shape index (κ1) is 16.5. The molecular formula is C18H20N2O3S. The van der Waals surface area contributed by atoms with Crippen LogP contribution in [-0.4, -0.2) is 31.5 Å². The minimum Gasteiger partial charge on any atom is -0.479 e. The number of nitrogens with one attached hydrogen (secondary N) is 1. The van der Waals surface area contributed by atoms with E-state index >= 15 is 0 Å². The summed E-state index contributed by atoms with van der Waals surface area (Å²) < 4.78 is 5.61. The number of carbonyl (C=O) groups excluding carboxylic acids is 2. The molecule has 1 aromatic heterocycles. The Morgan fingerprint density at radius 1 is 1.38 bits per heavy atom. The summed E-state index contributed by atoms with van der Waals surface area (Å²) in [7, 11) is 1.76. The van der Waals surface area contributed by atoms with E-state index in [-0.39, 0.29) is 11.8 Å². The van der Waals surface area contributed by atoms with Gasteiger partial charge in [-0.3, -0.25) is 9.59 Å². The summed E-state index contributed by atoms with van der Waals surface area (Å²) in [4.78, 5) is 26.6. The number of ether oxygens (including phenoxy) is 1. The van der Waals surface area contributed by atoms with E-state index in [0.717, 1.165) is 21.9 Å². The van der Waals surface area contributed by atoms with E-state index in [1.54, 1.807) is 30.2 Å². The van der Waals surface area contributed by atoms with Gasteiger partial charge in [-0.25, -0.2) is 0 Å². The highest BCUT2D eigenvalue weighted by atomic mass is 32.1. The number of fused-ring (bicyclic) bond motifs is 1. The maximum atomic E-state index is 12.0. The fraction of sp³-hybridized carbons (Fsp3) is 0.333. The Hall–Kier alpha value is -2.34. The standard InChI is InChI=1S/C18H20N2O3S/c1-12-18(22)20(2)15-10-13(5-6-16(15)23-12)7-8-19-17(21)11-14-4-3-9-24-14/h3-6,9-10,12H,7-8,11H2,1-2H3,(H,19,21). The summed E-state index contributed by atoms with van der Waals surface area (Å²) in [5.41, 5.74) is 1.84. The van der Waals surface area contributed by atoms with Crippen molar-refractivity contribution in [2.24, 2.45) is 0 Å². The number of hydrogen-bond acceptors (Lipinski definition) is 4. The molecule has 1 atom stereocenters. The summed E-state index contributed by atoms with van der Waals surface area (Å²) in [6.45, 7) is 2.32. The number of benzene rings is 1. The summed E-state index contributed by atoms with van der Waals surface area (Å²) in [5, 5.41) is 4.90. The monoisotopic (exact) mass is 344 g/mol. The molecule has 0 radical (unpaired) electrons. The van der Waals surface area contributed by atoms with Crippen LogP contribution in [0.4, 0.5) is 5.69 Å². The van der Waals surface area contributed by atoms with Crippen LogP contribution in [0.25, 0.3) is 0 Å². The molecular weight excluding hydrogens is 324 g/mol. The van der Waals surface area contributed by atoms with Crippen LogP contribution >= 0.6 is 11.3 Å². The van der Waals surface area contributed by atoms with E-state index in [2.05, 4.69) is 5.32 Å². The molecule has 2 aromatic rings. The van der Waals surface area contributed by atoms with Crippen molar-refractivity contribution in [3.05, 3.63) is 46.2 Å². The Bertz CT molecular complexity index is 743. The summed E-state index contributed by atoms with van der Waals surface area (Å²) in [5.74, 6) is 0.693. The number of likely N-dealkylation sites (N-methyl/N-ethyl adjacent to an activating group) is 1. The van der Waals surface area contributed by atoms with Crippen molar-refractivity contribution < 1.29 is 14.3 Å². The van der Waals surface area contributed by atoms with E-state index in [1.807, 2.05) is 35.7 Å². The van der Waals surface area contributed by atoms with Crippen molar-refractivity contribution in [2.75, 3.05) is 18.5 Å². The molecule has 6 heteroatoms. The van der Waals surface area contributed by atoms with E-state index < -0.39 is 6.10 Å². The van der Waals surface area contributed by atoms with Crippen LogP contribution in [0.5, 0.6) is 5.75 Å². The molecule has 1 unspecified atom stereocenters. The van der Waals surface area contributed by atoms with Gasteiger partial charge in [0, 0.05) is 18.5 Å². The largest absolute Gasteiger partial charge is 0.479 e. The lowest BCUT2D eigenvalue weighted by atomic mass is 10.1. The van der Waals surface area contributed by atoms with Gasteiger partial charge in [-0.1, -0.05) is 12.1 Å². The maximum Gasteiger partial charge on any atom is 0.267 e. The van der Waals surface area contributed by atoms with Gasteiger partial charge >= 0.3 is 0 Å². The number of hydrogen-bond donors (Lipinski definition) is 1. The van der Waals surface area contributed by atoms with Crippen LogP contribution in [0.15, 0.2) is 35.7 Å². The molecule has 2 heterocycles. The molecule has 0 bridgehead atoms. The van der Waals surface area contributed by atoms with Crippen molar-refractivity contribution >= 4 is 28.8 Å². The average Bonchev–Trinajstić information content (AvgIpc) is 3.06. The van der Waals surface area contributed by atoms with Gasteiger partial charge in [0.25, 0.3) is 5.91 Å². The molecule has 0 aliphatic carbocycles. The molecule has 0 saturated carbocycles. The molecule has 24 heavy (non-hydrogen) atoms. The van der Waals surface area contributed by atoms with Gasteiger partial charge in [0.2, 0.25) is 5.91 Å². The number of anilines is 1. The van der Waals surface area contributed by atoms with Crippen LogP contribution < -0.4 is 15.0 Å². The number of amides is 2. The topological polar surface area (TPSA) is 58.6 Å². The fourth-order valence-corrected chi connectivity index (χ4v) is 3.40. The van der Waals surface area contributed by atoms with Crippen molar-refractivity contribution in [1.29, 1.82) is 0 Å². The molecule has 2 amide bonds. The molecule has 0 saturated heterocycles. The third-order valence-electron chi connectivity index (χ3n) is 4.02. The molecule has 0 spiro atoms. The third kappa shape index (κ3) is 3.59. The highest BCUT2D eigenvalue weighted by molar-refractivity contribution is 7.10. The first-order chi connectivity index (χ1) is 11.5. The highest BCUT2D eigenvalue weighted by Gasteiger charge is 2.28. The van der Waals surface area contributed by atoms with Crippen molar-refractivity contribution in [3.8, 4) is 5.75 Å². The summed E-state index contributed by atoms with van der Waals surface area (Å²) >= 11 is 1.58. The zero-order valence-corrected chi connectivity index (χ0v) is 14.6. The summed E-state index contributed by atoms with van der Waals surface area (Å²) in [6.07, 6.45) is 0.677. The van der Waals surface area contributed by atoms with Crippen molar-refractivity contribution in [1.82, 2.24) is 5.32 Å².